The molecule has 0 heterocycles. The third kappa shape index (κ3) is 4.21. The first-order valence-electron chi connectivity index (χ1n) is 6.63. The molecule has 0 radical (unpaired) electrons. The Morgan fingerprint density at radius 1 is 1.00 bits per heavy atom. The molecule has 1 rings (SSSR count). The highest BCUT2D eigenvalue weighted by atomic mass is 16.4. The van der Waals surface area contributed by atoms with Crippen LogP contribution in [0.3, 0.4) is 0 Å². The van der Waals surface area contributed by atoms with Gasteiger partial charge in [-0.2, -0.15) is 0 Å². The number of aliphatic carboxylic acids is 1. The second-order valence-corrected chi connectivity index (χ2v) is 6.01. The molecule has 0 aliphatic heterocycles. The molecule has 0 fully saturated rings. The Kier molecular flexibility index (Phi) is 4.80. The minimum atomic E-state index is -1.45. The lowest BCUT2D eigenvalue weighted by Crippen LogP contribution is -2.61. The molecule has 0 unspecified atom stereocenters. The van der Waals surface area contributed by atoms with Gasteiger partial charge < -0.3 is 20.8 Å². The number of carbonyl (C=O) groups is 3. The van der Waals surface area contributed by atoms with Crippen molar-refractivity contribution >= 4 is 17.8 Å². The second-order valence-electron chi connectivity index (χ2n) is 6.01. The summed E-state index contributed by atoms with van der Waals surface area (Å²) in [5.74, 6) is -2.43. The quantitative estimate of drug-likeness (QED) is 0.644. The number of carboxylic acids is 1. The van der Waals surface area contributed by atoms with Gasteiger partial charge in [-0.1, -0.05) is 6.07 Å². The van der Waals surface area contributed by atoms with Crippen molar-refractivity contribution in [2.24, 2.45) is 0 Å². The van der Waals surface area contributed by atoms with Crippen LogP contribution in [0.25, 0.3) is 0 Å². The monoisotopic (exact) mass is 308 g/mol. The van der Waals surface area contributed by atoms with E-state index in [1.54, 1.807) is 0 Å². The molecule has 0 saturated heterocycles. The van der Waals surface area contributed by atoms with Crippen LogP contribution in [0.5, 0.6) is 5.75 Å². The molecule has 0 spiro atoms. The molecule has 0 atom stereocenters. The summed E-state index contributed by atoms with van der Waals surface area (Å²) in [6.45, 7) is 5.61. The molecule has 22 heavy (non-hydrogen) atoms. The van der Waals surface area contributed by atoms with Gasteiger partial charge in [0.15, 0.2) is 0 Å². The number of amides is 2. The summed E-state index contributed by atoms with van der Waals surface area (Å²) in [6, 6.07) is 5.68. The molecule has 0 aliphatic rings. The van der Waals surface area contributed by atoms with Crippen LogP contribution in [-0.4, -0.2) is 39.1 Å². The van der Waals surface area contributed by atoms with Crippen molar-refractivity contribution in [1.29, 1.82) is 0 Å². The van der Waals surface area contributed by atoms with Crippen LogP contribution in [0, 0.1) is 0 Å². The molecule has 0 bridgehead atoms. The predicted octanol–water partition coefficient (Wildman–Crippen LogP) is 0.880. The Hall–Kier alpha value is -2.57. The van der Waals surface area contributed by atoms with E-state index in [1.807, 2.05) is 0 Å². The average molecular weight is 308 g/mol. The van der Waals surface area contributed by atoms with Gasteiger partial charge in [0.1, 0.15) is 16.8 Å². The van der Waals surface area contributed by atoms with Crippen molar-refractivity contribution in [2.75, 3.05) is 0 Å². The number of hydrogen-bond donors (Lipinski definition) is 4. The molecule has 1 aromatic rings. The number of carbonyl (C=O) groups excluding carboxylic acids is 2. The van der Waals surface area contributed by atoms with Crippen LogP contribution in [-0.2, 0) is 9.59 Å². The SMILES string of the molecule is CC(C)(NC(=O)C(C)(C)NC(=O)c1cccc(O)c1)C(=O)O. The summed E-state index contributed by atoms with van der Waals surface area (Å²) in [6.07, 6.45) is 0. The first-order chi connectivity index (χ1) is 9.95. The van der Waals surface area contributed by atoms with Crippen LogP contribution in [0.2, 0.25) is 0 Å². The Labute approximate surface area is 128 Å². The van der Waals surface area contributed by atoms with Crippen LogP contribution in [0.1, 0.15) is 38.1 Å². The summed E-state index contributed by atoms with van der Waals surface area (Å²) in [4.78, 5) is 35.3. The van der Waals surface area contributed by atoms with E-state index in [0.29, 0.717) is 0 Å². The fourth-order valence-corrected chi connectivity index (χ4v) is 1.55. The molecular formula is C15H20N2O5. The molecule has 0 aliphatic carbocycles. The summed E-state index contributed by atoms with van der Waals surface area (Å²) in [7, 11) is 0. The third-order valence-corrected chi connectivity index (χ3v) is 3.06. The first kappa shape index (κ1) is 17.5. The van der Waals surface area contributed by atoms with E-state index >= 15 is 0 Å². The van der Waals surface area contributed by atoms with Crippen molar-refractivity contribution in [3.63, 3.8) is 0 Å². The van der Waals surface area contributed by atoms with Crippen LogP contribution in [0.15, 0.2) is 24.3 Å². The standard InChI is InChI=1S/C15H20N2O5/c1-14(2,12(20)17-15(3,4)13(21)22)16-11(19)9-6-5-7-10(18)8-9/h5-8,18H,1-4H3,(H,16,19)(H,17,20)(H,21,22). The second kappa shape index (κ2) is 6.05. The topological polar surface area (TPSA) is 116 Å². The largest absolute Gasteiger partial charge is 0.508 e. The molecule has 2 amide bonds. The van der Waals surface area contributed by atoms with E-state index < -0.39 is 28.9 Å². The van der Waals surface area contributed by atoms with E-state index in [0.717, 1.165) is 0 Å². The molecule has 4 N–H and O–H groups in total. The van der Waals surface area contributed by atoms with Crippen molar-refractivity contribution in [3.8, 4) is 5.75 Å². The maximum absolute atomic E-state index is 12.2. The number of rotatable bonds is 5. The summed E-state index contributed by atoms with van der Waals surface area (Å²) in [5.41, 5.74) is -2.59. The van der Waals surface area contributed by atoms with E-state index in [4.69, 9.17) is 5.11 Å². The average Bonchev–Trinajstić information content (AvgIpc) is 2.37. The maximum atomic E-state index is 12.2. The van der Waals surface area contributed by atoms with Gasteiger partial charge in [0, 0.05) is 5.56 Å². The van der Waals surface area contributed by atoms with Crippen LogP contribution in [0.4, 0.5) is 0 Å². The van der Waals surface area contributed by atoms with Gasteiger partial charge in [-0.05, 0) is 45.9 Å². The van der Waals surface area contributed by atoms with Gasteiger partial charge in [0.25, 0.3) is 5.91 Å². The Morgan fingerprint density at radius 2 is 1.59 bits per heavy atom. The zero-order chi connectivity index (χ0) is 17.1. The number of hydrogen-bond acceptors (Lipinski definition) is 4. The minimum absolute atomic E-state index is 0.0677. The first-order valence-corrected chi connectivity index (χ1v) is 6.63. The van der Waals surface area contributed by atoms with Gasteiger partial charge in [-0.3, -0.25) is 9.59 Å². The number of nitrogens with one attached hydrogen (secondary N) is 2. The van der Waals surface area contributed by atoms with Crippen molar-refractivity contribution < 1.29 is 24.6 Å². The fraction of sp³-hybridized carbons (Fsp3) is 0.400. The zero-order valence-corrected chi connectivity index (χ0v) is 12.9. The summed E-state index contributed by atoms with van der Waals surface area (Å²) in [5, 5.41) is 23.2. The molecule has 7 heteroatoms. The van der Waals surface area contributed by atoms with Gasteiger partial charge in [-0.25, -0.2) is 4.79 Å². The number of phenolic OH excluding ortho intramolecular Hbond substituents is 1. The highest BCUT2D eigenvalue weighted by Crippen LogP contribution is 2.13. The van der Waals surface area contributed by atoms with Crippen molar-refractivity contribution in [2.45, 2.75) is 38.8 Å². The molecule has 120 valence electrons. The lowest BCUT2D eigenvalue weighted by atomic mass is 9.99. The Balaban J connectivity index is 2.84. The molecule has 1 aromatic carbocycles. The van der Waals surface area contributed by atoms with Gasteiger partial charge in [0.2, 0.25) is 5.91 Å². The molecule has 7 nitrogen and oxygen atoms in total. The third-order valence-electron chi connectivity index (χ3n) is 3.06. The molecular weight excluding hydrogens is 288 g/mol. The lowest BCUT2D eigenvalue weighted by molar-refractivity contribution is -0.146. The van der Waals surface area contributed by atoms with Crippen molar-refractivity contribution in [3.05, 3.63) is 29.8 Å². The van der Waals surface area contributed by atoms with Gasteiger partial charge in [0.05, 0.1) is 0 Å². The molecule has 0 saturated carbocycles. The normalized spacial score (nSPS) is 11.6. The summed E-state index contributed by atoms with van der Waals surface area (Å²) >= 11 is 0. The van der Waals surface area contributed by atoms with Crippen molar-refractivity contribution in [1.82, 2.24) is 10.6 Å². The number of aromatic hydroxyl groups is 1. The van der Waals surface area contributed by atoms with Gasteiger partial charge >= 0.3 is 5.97 Å². The minimum Gasteiger partial charge on any atom is -0.508 e. The predicted molar refractivity (Wildman–Crippen MR) is 79.5 cm³/mol. The highest BCUT2D eigenvalue weighted by molar-refractivity contribution is 6.00. The smallest absolute Gasteiger partial charge is 0.328 e. The fourth-order valence-electron chi connectivity index (χ4n) is 1.55. The Bertz CT molecular complexity index is 608. The molecule has 0 aromatic heterocycles. The number of phenols is 1. The van der Waals surface area contributed by atoms with Gasteiger partial charge in [-0.15, -0.1) is 0 Å². The number of carboxylic acid groups (broad SMARTS) is 1. The lowest BCUT2D eigenvalue weighted by Gasteiger charge is -2.30. The maximum Gasteiger partial charge on any atom is 0.328 e. The zero-order valence-electron chi connectivity index (χ0n) is 12.9. The Morgan fingerprint density at radius 3 is 2.09 bits per heavy atom. The van der Waals surface area contributed by atoms with Crippen LogP contribution < -0.4 is 10.6 Å². The number of benzene rings is 1. The summed E-state index contributed by atoms with van der Waals surface area (Å²) < 4.78 is 0. The van der Waals surface area contributed by atoms with E-state index in [9.17, 15) is 19.5 Å². The van der Waals surface area contributed by atoms with E-state index in [2.05, 4.69) is 10.6 Å². The van der Waals surface area contributed by atoms with Crippen LogP contribution >= 0.6 is 0 Å². The highest BCUT2D eigenvalue weighted by Gasteiger charge is 2.36. The van der Waals surface area contributed by atoms with E-state index in [1.165, 1.54) is 52.0 Å². The van der Waals surface area contributed by atoms with E-state index in [-0.39, 0.29) is 11.3 Å².